The number of hydrogen-bond acceptors (Lipinski definition) is 16. The highest BCUT2D eigenvalue weighted by Crippen LogP contribution is 2.36. The molecule has 3 aliphatic rings. The van der Waals surface area contributed by atoms with Crippen LogP contribution in [0.25, 0.3) is 0 Å². The summed E-state index contributed by atoms with van der Waals surface area (Å²) in [7, 11) is 4.76. The Labute approximate surface area is 357 Å². The topological polar surface area (TPSA) is 201 Å². The van der Waals surface area contributed by atoms with E-state index in [1.165, 1.54) is 20.3 Å². The van der Waals surface area contributed by atoms with E-state index in [-0.39, 0.29) is 31.7 Å². The fourth-order valence-corrected chi connectivity index (χ4v) is 8.56. The van der Waals surface area contributed by atoms with Crippen molar-refractivity contribution in [3.63, 3.8) is 0 Å². The van der Waals surface area contributed by atoms with Crippen molar-refractivity contribution in [3.05, 3.63) is 23.8 Å². The molecule has 0 bridgehead atoms. The molecular weight excluding hydrogens is 782 g/mol. The number of rotatable bonds is 16. The minimum absolute atomic E-state index is 0.0213. The van der Waals surface area contributed by atoms with Crippen molar-refractivity contribution < 1.29 is 72.6 Å². The Morgan fingerprint density at radius 3 is 2.03 bits per heavy atom. The van der Waals surface area contributed by atoms with Crippen LogP contribution in [0.2, 0.25) is 0 Å². The number of ketones is 1. The molecule has 3 heterocycles. The van der Waals surface area contributed by atoms with Crippen molar-refractivity contribution in [2.75, 3.05) is 47.6 Å². The van der Waals surface area contributed by atoms with Crippen molar-refractivity contribution in [3.8, 4) is 0 Å². The molecule has 17 atom stereocenters. The first-order chi connectivity index (χ1) is 28.5. The lowest BCUT2D eigenvalue weighted by molar-refractivity contribution is -0.307. The monoisotopic (exact) mass is 860 g/mol. The first kappa shape index (κ1) is 52.4. The zero-order valence-corrected chi connectivity index (χ0v) is 38.0. The third-order valence-electron chi connectivity index (χ3n) is 12.3. The van der Waals surface area contributed by atoms with E-state index in [1.54, 1.807) is 33.9 Å². The van der Waals surface area contributed by atoms with Crippen LogP contribution in [0.5, 0.6) is 0 Å². The van der Waals surface area contributed by atoms with Crippen LogP contribution in [0.3, 0.4) is 0 Å². The predicted octanol–water partition coefficient (Wildman–Crippen LogP) is 3.15. The molecule has 16 nitrogen and oxygen atoms in total. The van der Waals surface area contributed by atoms with Gasteiger partial charge in [0.2, 0.25) is 0 Å². The SMILES string of the molecule is CCOC(C[C@H]1C[C@@H](C)C(=O)C=CC(C)=C[C@H](COC2OC(C)C(O)C(OC)C2OC)[C@@H](CC)OC(=O)C[C@@H](O)[C@H](C)[C@H]1OC1OC(C)C(O)C(N(C)CC)C1O)OCC. The number of esters is 1. The number of cyclic esters (lactones) is 1. The van der Waals surface area contributed by atoms with E-state index in [0.717, 1.165) is 5.57 Å². The minimum Gasteiger partial charge on any atom is -0.462 e. The van der Waals surface area contributed by atoms with Crippen LogP contribution in [-0.4, -0.2) is 171 Å². The average molecular weight is 860 g/mol. The number of carbonyl (C=O) groups is 2. The lowest BCUT2D eigenvalue weighted by atomic mass is 9.79. The molecule has 3 rings (SSSR count). The molecule has 4 N–H and O–H groups in total. The number of nitrogens with zero attached hydrogens (tertiary/aromatic N) is 1. The number of likely N-dealkylation sites (N-methyl/N-ethyl adjacent to an activating group) is 1. The quantitative estimate of drug-likeness (QED) is 0.130. The Kier molecular flexibility index (Phi) is 22.2. The maximum absolute atomic E-state index is 13.9. The van der Waals surface area contributed by atoms with Crippen LogP contribution in [0.15, 0.2) is 23.8 Å². The van der Waals surface area contributed by atoms with E-state index in [4.69, 9.17) is 42.6 Å². The molecule has 16 heteroatoms. The Morgan fingerprint density at radius 2 is 1.45 bits per heavy atom. The van der Waals surface area contributed by atoms with Gasteiger partial charge in [-0.05, 0) is 73.0 Å². The predicted molar refractivity (Wildman–Crippen MR) is 221 cm³/mol. The summed E-state index contributed by atoms with van der Waals surface area (Å²) in [6.07, 6.45) is -6.03. The molecule has 2 fully saturated rings. The van der Waals surface area contributed by atoms with Crippen LogP contribution in [0.1, 0.15) is 88.0 Å². The second-order valence-corrected chi connectivity index (χ2v) is 16.6. The molecule has 0 saturated carbocycles. The van der Waals surface area contributed by atoms with Gasteiger partial charge in [0.15, 0.2) is 24.7 Å². The van der Waals surface area contributed by atoms with E-state index < -0.39 is 116 Å². The number of ether oxygens (including phenoxy) is 9. The molecule has 0 radical (unpaired) electrons. The van der Waals surface area contributed by atoms with E-state index in [1.807, 2.05) is 52.5 Å². The first-order valence-electron chi connectivity index (χ1n) is 21.8. The molecule has 60 heavy (non-hydrogen) atoms. The summed E-state index contributed by atoms with van der Waals surface area (Å²) in [4.78, 5) is 29.6. The van der Waals surface area contributed by atoms with Crippen molar-refractivity contribution in [1.29, 1.82) is 0 Å². The lowest BCUT2D eigenvalue weighted by Crippen LogP contribution is -2.63. The highest BCUT2D eigenvalue weighted by atomic mass is 16.7. The van der Waals surface area contributed by atoms with Gasteiger partial charge < -0.3 is 63.1 Å². The van der Waals surface area contributed by atoms with Crippen molar-refractivity contribution in [1.82, 2.24) is 4.90 Å². The summed E-state index contributed by atoms with van der Waals surface area (Å²) in [5, 5.41) is 45.3. The zero-order chi connectivity index (χ0) is 44.8. The van der Waals surface area contributed by atoms with Gasteiger partial charge in [0.1, 0.15) is 30.5 Å². The summed E-state index contributed by atoms with van der Waals surface area (Å²) in [6.45, 7) is 17.6. The van der Waals surface area contributed by atoms with Gasteiger partial charge in [0.05, 0.1) is 49.6 Å². The van der Waals surface area contributed by atoms with E-state index in [0.29, 0.717) is 26.2 Å². The van der Waals surface area contributed by atoms with Crippen molar-refractivity contribution in [2.24, 2.45) is 23.7 Å². The number of aliphatic hydroxyl groups is 4. The van der Waals surface area contributed by atoms with Gasteiger partial charge in [-0.1, -0.05) is 45.4 Å². The minimum atomic E-state index is -1.29. The fourth-order valence-electron chi connectivity index (χ4n) is 8.56. The normalized spacial score (nSPS) is 39.2. The molecule has 0 aromatic heterocycles. The Bertz CT molecular complexity index is 1340. The van der Waals surface area contributed by atoms with Crippen LogP contribution in [0, 0.1) is 23.7 Å². The summed E-state index contributed by atoms with van der Waals surface area (Å²) in [6, 6.07) is -0.713. The molecule has 0 aliphatic carbocycles. The number of allylic oxidation sites excluding steroid dienone is 3. The second kappa shape index (κ2) is 25.4. The zero-order valence-electron chi connectivity index (χ0n) is 38.0. The van der Waals surface area contributed by atoms with E-state index >= 15 is 0 Å². The Morgan fingerprint density at radius 1 is 0.833 bits per heavy atom. The van der Waals surface area contributed by atoms with Crippen molar-refractivity contribution >= 4 is 11.8 Å². The smallest absolute Gasteiger partial charge is 0.308 e. The fraction of sp³-hybridized carbons (Fsp3) is 0.864. The molecule has 0 spiro atoms. The third kappa shape index (κ3) is 14.1. The molecule has 0 amide bonds. The van der Waals surface area contributed by atoms with Gasteiger partial charge in [-0.25, -0.2) is 0 Å². The number of hydrogen-bond donors (Lipinski definition) is 4. The number of methoxy groups -OCH3 is 2. The van der Waals surface area contributed by atoms with Crippen LogP contribution < -0.4 is 0 Å². The van der Waals surface area contributed by atoms with E-state index in [9.17, 15) is 30.0 Å². The van der Waals surface area contributed by atoms with Gasteiger partial charge in [-0.3, -0.25) is 14.5 Å². The van der Waals surface area contributed by atoms with Gasteiger partial charge >= 0.3 is 5.97 Å². The molecule has 2 saturated heterocycles. The summed E-state index contributed by atoms with van der Waals surface area (Å²) < 4.78 is 54.4. The standard InChI is InChI=1S/C44H77NO15/c1-13-33-30(23-56-44-42(53-12)41(52-11)38(50)28(9)58-44)19-24(5)17-18-31(46)25(6)20-29(21-35(54-15-3)55-16-4)40(26(7)32(47)22-34(48)59-33)60-43-39(51)36(45(10)14-2)37(49)27(8)57-43/h17-19,25-30,32-33,35-44,47,49-51H,13-16,20-23H2,1-12H3/t25-,26+,27?,28?,29-,30-,32-,33-,36?,37?,38?,39?,40-,41?,42?,43?,44?/m1/s1. The van der Waals surface area contributed by atoms with Gasteiger partial charge in [0.25, 0.3) is 0 Å². The van der Waals surface area contributed by atoms with Gasteiger partial charge in [-0.2, -0.15) is 0 Å². The van der Waals surface area contributed by atoms with Crippen LogP contribution in [0.4, 0.5) is 0 Å². The lowest BCUT2D eigenvalue weighted by Gasteiger charge is -2.47. The highest BCUT2D eigenvalue weighted by molar-refractivity contribution is 5.91. The maximum Gasteiger partial charge on any atom is 0.308 e. The summed E-state index contributed by atoms with van der Waals surface area (Å²) >= 11 is 0. The molecule has 0 aromatic carbocycles. The van der Waals surface area contributed by atoms with Gasteiger partial charge in [0, 0.05) is 51.6 Å². The van der Waals surface area contributed by atoms with Crippen LogP contribution >= 0.6 is 0 Å². The highest BCUT2D eigenvalue weighted by Gasteiger charge is 2.48. The average Bonchev–Trinajstić information content (AvgIpc) is 3.21. The van der Waals surface area contributed by atoms with E-state index in [2.05, 4.69) is 0 Å². The second-order valence-electron chi connectivity index (χ2n) is 16.6. The van der Waals surface area contributed by atoms with Gasteiger partial charge in [-0.15, -0.1) is 0 Å². The molecule has 10 unspecified atom stereocenters. The molecule has 0 aromatic rings. The summed E-state index contributed by atoms with van der Waals surface area (Å²) in [5.41, 5.74) is 0.725. The largest absolute Gasteiger partial charge is 0.462 e. The molecule has 348 valence electrons. The van der Waals surface area contributed by atoms with Crippen molar-refractivity contribution in [2.45, 2.75) is 174 Å². The number of aliphatic hydroxyl groups excluding tert-OH is 4. The third-order valence-corrected chi connectivity index (χ3v) is 12.3. The van der Waals surface area contributed by atoms with Crippen LogP contribution in [-0.2, 0) is 52.2 Å². The first-order valence-corrected chi connectivity index (χ1v) is 21.8. The maximum atomic E-state index is 13.9. The molecular formula is C44H77NO15. The summed E-state index contributed by atoms with van der Waals surface area (Å²) in [5.74, 6) is -3.11. The molecule has 3 aliphatic heterocycles. The Hall–Kier alpha value is -1.90. The number of carbonyl (C=O) groups excluding carboxylic acids is 2. The Balaban J connectivity index is 2.05.